The molecule has 0 amide bonds. The van der Waals surface area contributed by atoms with E-state index in [0.29, 0.717) is 0 Å². The zero-order valence-electron chi connectivity index (χ0n) is 8.23. The first kappa shape index (κ1) is 9.41. The van der Waals surface area contributed by atoms with Crippen molar-refractivity contribution < 1.29 is 0 Å². The number of nitrogens with zero attached hydrogens (tertiary/aromatic N) is 1. The van der Waals surface area contributed by atoms with Gasteiger partial charge in [-0.25, -0.2) is 0 Å². The minimum absolute atomic E-state index is 1.07. The van der Waals surface area contributed by atoms with Gasteiger partial charge < -0.3 is 0 Å². The van der Waals surface area contributed by atoms with Crippen LogP contribution in [0.15, 0.2) is 35.2 Å². The van der Waals surface area contributed by atoms with E-state index in [9.17, 15) is 0 Å². The monoisotopic (exact) mass is 203 g/mol. The molecular formula is C12H13NS. The van der Waals surface area contributed by atoms with Crippen molar-refractivity contribution in [1.29, 1.82) is 0 Å². The first-order chi connectivity index (χ1) is 6.90. The van der Waals surface area contributed by atoms with Crippen LogP contribution in [0.2, 0.25) is 0 Å². The van der Waals surface area contributed by atoms with Crippen LogP contribution in [0, 0.1) is 0 Å². The lowest BCUT2D eigenvalue weighted by Crippen LogP contribution is -1.88. The Labute approximate surface area is 88.4 Å². The molecule has 0 spiro atoms. The quantitative estimate of drug-likeness (QED) is 0.740. The van der Waals surface area contributed by atoms with Crippen LogP contribution in [-0.2, 0) is 6.42 Å². The summed E-state index contributed by atoms with van der Waals surface area (Å²) in [6.07, 6.45) is 4.20. The van der Waals surface area contributed by atoms with Crippen LogP contribution in [0.5, 0.6) is 0 Å². The zero-order valence-corrected chi connectivity index (χ0v) is 9.05. The van der Waals surface area contributed by atoms with Gasteiger partial charge in [0.1, 0.15) is 0 Å². The molecule has 14 heavy (non-hydrogen) atoms. The Kier molecular flexibility index (Phi) is 2.94. The molecule has 2 heteroatoms. The predicted octanol–water partition coefficient (Wildman–Crippen LogP) is 3.76. The molecule has 0 aliphatic heterocycles. The van der Waals surface area contributed by atoms with Crippen molar-refractivity contribution in [1.82, 2.24) is 4.98 Å². The lowest BCUT2D eigenvalue weighted by Gasteiger charge is -1.99. The molecule has 72 valence electrons. The molecule has 2 rings (SSSR count). The first-order valence-electron chi connectivity index (χ1n) is 4.87. The molecule has 0 aliphatic rings. The minimum Gasteiger partial charge on any atom is -0.261 e. The van der Waals surface area contributed by atoms with Crippen molar-refractivity contribution in [2.24, 2.45) is 0 Å². The highest BCUT2D eigenvalue weighted by Crippen LogP contribution is 2.21. The molecule has 2 aromatic heterocycles. The number of thiophene rings is 1. The Bertz CT molecular complexity index is 375. The minimum atomic E-state index is 1.07. The van der Waals surface area contributed by atoms with Gasteiger partial charge in [-0.05, 0) is 34.9 Å². The van der Waals surface area contributed by atoms with E-state index < -0.39 is 0 Å². The maximum absolute atomic E-state index is 4.43. The van der Waals surface area contributed by atoms with Gasteiger partial charge in [0, 0.05) is 17.5 Å². The van der Waals surface area contributed by atoms with E-state index in [4.69, 9.17) is 0 Å². The van der Waals surface area contributed by atoms with Crippen LogP contribution < -0.4 is 0 Å². The molecule has 1 nitrogen and oxygen atoms in total. The third kappa shape index (κ3) is 2.02. The summed E-state index contributed by atoms with van der Waals surface area (Å²) in [4.78, 5) is 4.43. The Hall–Kier alpha value is -1.15. The van der Waals surface area contributed by atoms with Gasteiger partial charge in [0.15, 0.2) is 0 Å². The number of hydrogen-bond acceptors (Lipinski definition) is 2. The van der Waals surface area contributed by atoms with Crippen molar-refractivity contribution in [2.45, 2.75) is 19.8 Å². The van der Waals surface area contributed by atoms with Gasteiger partial charge in [0.25, 0.3) is 0 Å². The lowest BCUT2D eigenvalue weighted by molar-refractivity contribution is 0.883. The van der Waals surface area contributed by atoms with Gasteiger partial charge >= 0.3 is 0 Å². The second-order valence-electron chi connectivity index (χ2n) is 3.30. The third-order valence-electron chi connectivity index (χ3n) is 2.19. The van der Waals surface area contributed by atoms with Gasteiger partial charge in [-0.3, -0.25) is 4.98 Å². The molecule has 0 aromatic carbocycles. The second-order valence-corrected chi connectivity index (χ2v) is 4.08. The van der Waals surface area contributed by atoms with Gasteiger partial charge in [0.2, 0.25) is 0 Å². The zero-order chi connectivity index (χ0) is 9.80. The molecule has 0 saturated carbocycles. The molecular weight excluding hydrogens is 190 g/mol. The third-order valence-corrected chi connectivity index (χ3v) is 2.87. The van der Waals surface area contributed by atoms with Gasteiger partial charge in [0.05, 0.1) is 0 Å². The van der Waals surface area contributed by atoms with E-state index in [1.165, 1.54) is 16.8 Å². The molecule has 0 saturated heterocycles. The van der Waals surface area contributed by atoms with E-state index in [1.807, 2.05) is 6.20 Å². The van der Waals surface area contributed by atoms with Crippen molar-refractivity contribution in [3.63, 3.8) is 0 Å². The van der Waals surface area contributed by atoms with Crippen LogP contribution in [0.3, 0.4) is 0 Å². The van der Waals surface area contributed by atoms with E-state index in [1.54, 1.807) is 11.3 Å². The van der Waals surface area contributed by atoms with E-state index >= 15 is 0 Å². The smallest absolute Gasteiger partial charge is 0.0403 e. The van der Waals surface area contributed by atoms with Crippen LogP contribution in [0.4, 0.5) is 0 Å². The van der Waals surface area contributed by atoms with Crippen molar-refractivity contribution in [3.8, 4) is 11.1 Å². The molecule has 0 atom stereocenters. The fourth-order valence-corrected chi connectivity index (χ4v) is 2.09. The molecule has 0 bridgehead atoms. The van der Waals surface area contributed by atoms with Gasteiger partial charge in [-0.15, -0.1) is 0 Å². The van der Waals surface area contributed by atoms with E-state index in [0.717, 1.165) is 12.8 Å². The Morgan fingerprint density at radius 2 is 2.14 bits per heavy atom. The molecule has 0 N–H and O–H groups in total. The molecule has 0 unspecified atom stereocenters. The fourth-order valence-electron chi connectivity index (χ4n) is 1.43. The molecule has 2 heterocycles. The SMILES string of the molecule is CCCc1ccc(-c2ccsc2)cn1. The summed E-state index contributed by atoms with van der Waals surface area (Å²) in [6, 6.07) is 6.40. The largest absolute Gasteiger partial charge is 0.261 e. The molecule has 2 aromatic rings. The van der Waals surface area contributed by atoms with Gasteiger partial charge in [-0.1, -0.05) is 19.4 Å². The summed E-state index contributed by atoms with van der Waals surface area (Å²) in [5.41, 5.74) is 3.67. The highest BCUT2D eigenvalue weighted by molar-refractivity contribution is 7.08. The lowest BCUT2D eigenvalue weighted by atomic mass is 10.1. The van der Waals surface area contributed by atoms with Crippen LogP contribution in [0.1, 0.15) is 19.0 Å². The Morgan fingerprint density at radius 1 is 1.21 bits per heavy atom. The topological polar surface area (TPSA) is 12.9 Å². The number of pyridine rings is 1. The van der Waals surface area contributed by atoms with E-state index in [2.05, 4.69) is 40.9 Å². The first-order valence-corrected chi connectivity index (χ1v) is 5.82. The average molecular weight is 203 g/mol. The van der Waals surface area contributed by atoms with Crippen molar-refractivity contribution >= 4 is 11.3 Å². The Morgan fingerprint density at radius 3 is 2.71 bits per heavy atom. The molecule has 0 fully saturated rings. The summed E-state index contributed by atoms with van der Waals surface area (Å²) in [6.45, 7) is 2.18. The standard InChI is InChI=1S/C12H13NS/c1-2-3-12-5-4-10(8-13-12)11-6-7-14-9-11/h4-9H,2-3H2,1H3. The van der Waals surface area contributed by atoms with E-state index in [-0.39, 0.29) is 0 Å². The van der Waals surface area contributed by atoms with Crippen LogP contribution in [-0.4, -0.2) is 4.98 Å². The maximum atomic E-state index is 4.43. The average Bonchev–Trinajstić information content (AvgIpc) is 2.72. The number of aryl methyl sites for hydroxylation is 1. The number of aromatic nitrogens is 1. The van der Waals surface area contributed by atoms with Crippen molar-refractivity contribution in [2.75, 3.05) is 0 Å². The number of hydrogen-bond donors (Lipinski definition) is 0. The number of rotatable bonds is 3. The summed E-state index contributed by atoms with van der Waals surface area (Å²) >= 11 is 1.72. The molecule has 0 aliphatic carbocycles. The van der Waals surface area contributed by atoms with Crippen LogP contribution >= 0.6 is 11.3 Å². The summed E-state index contributed by atoms with van der Waals surface area (Å²) in [5, 5.41) is 4.24. The van der Waals surface area contributed by atoms with Crippen molar-refractivity contribution in [3.05, 3.63) is 40.8 Å². The van der Waals surface area contributed by atoms with Gasteiger partial charge in [-0.2, -0.15) is 11.3 Å². The maximum Gasteiger partial charge on any atom is 0.0403 e. The summed E-state index contributed by atoms with van der Waals surface area (Å²) in [5.74, 6) is 0. The predicted molar refractivity (Wildman–Crippen MR) is 61.5 cm³/mol. The normalized spacial score (nSPS) is 10.4. The van der Waals surface area contributed by atoms with Crippen LogP contribution in [0.25, 0.3) is 11.1 Å². The Balaban J connectivity index is 2.22. The summed E-state index contributed by atoms with van der Waals surface area (Å²) < 4.78 is 0. The fraction of sp³-hybridized carbons (Fsp3) is 0.250. The molecule has 0 radical (unpaired) electrons. The summed E-state index contributed by atoms with van der Waals surface area (Å²) in [7, 11) is 0. The highest BCUT2D eigenvalue weighted by Gasteiger charge is 1.98. The highest BCUT2D eigenvalue weighted by atomic mass is 32.1. The second kappa shape index (κ2) is 4.38.